The average Bonchev–Trinajstić information content (AvgIpc) is 2.85. The van der Waals surface area contributed by atoms with Gasteiger partial charge < -0.3 is 0 Å². The van der Waals surface area contributed by atoms with Crippen molar-refractivity contribution in [3.8, 4) is 0 Å². The molecular formula is C32H51N. The third-order valence-electron chi connectivity index (χ3n) is 7.41. The molecule has 0 saturated heterocycles. The van der Waals surface area contributed by atoms with Gasteiger partial charge in [-0.2, -0.15) is 0 Å². The van der Waals surface area contributed by atoms with Gasteiger partial charge in [-0.1, -0.05) is 164 Å². The summed E-state index contributed by atoms with van der Waals surface area (Å²) in [6, 6.07) is 22.2. The first-order valence-corrected chi connectivity index (χ1v) is 14.0. The highest BCUT2D eigenvalue weighted by molar-refractivity contribution is 5.38. The van der Waals surface area contributed by atoms with Crippen LogP contribution in [-0.2, 0) is 5.54 Å². The summed E-state index contributed by atoms with van der Waals surface area (Å²) < 4.78 is 0. The van der Waals surface area contributed by atoms with Gasteiger partial charge in [0, 0.05) is 0 Å². The first kappa shape index (κ1) is 27.6. The molecule has 33 heavy (non-hydrogen) atoms. The maximum Gasteiger partial charge on any atom is 0.0710 e. The summed E-state index contributed by atoms with van der Waals surface area (Å²) in [6.07, 6.45) is 22.4. The van der Waals surface area contributed by atoms with Gasteiger partial charge in [-0.3, -0.25) is 4.90 Å². The molecule has 0 aliphatic heterocycles. The minimum atomic E-state index is -0.0426. The van der Waals surface area contributed by atoms with Gasteiger partial charge in [0.05, 0.1) is 5.54 Å². The lowest BCUT2D eigenvalue weighted by Gasteiger charge is -2.41. The molecule has 0 fully saturated rings. The van der Waals surface area contributed by atoms with Crippen LogP contribution in [0.3, 0.4) is 0 Å². The van der Waals surface area contributed by atoms with E-state index in [2.05, 4.69) is 86.6 Å². The van der Waals surface area contributed by atoms with Crippen molar-refractivity contribution < 1.29 is 0 Å². The van der Waals surface area contributed by atoms with Crippen molar-refractivity contribution in [3.63, 3.8) is 0 Å². The Morgan fingerprint density at radius 1 is 0.485 bits per heavy atom. The second-order valence-corrected chi connectivity index (χ2v) is 10.2. The van der Waals surface area contributed by atoms with E-state index < -0.39 is 0 Å². The zero-order valence-corrected chi connectivity index (χ0v) is 22.0. The van der Waals surface area contributed by atoms with E-state index in [4.69, 9.17) is 0 Å². The molecule has 0 spiro atoms. The Morgan fingerprint density at radius 3 is 1.15 bits per heavy atom. The standard InChI is InChI=1S/C32H51N/c1-4-5-6-7-8-9-10-11-12-13-14-15-16-17-24-29-32(33(2)3,30-25-20-18-21-26-30)31-27-22-19-23-28-31/h18-23,25-28H,4-17,24,29H2,1-3H3. The van der Waals surface area contributed by atoms with E-state index in [0.29, 0.717) is 0 Å². The Kier molecular flexibility index (Phi) is 14.2. The van der Waals surface area contributed by atoms with Gasteiger partial charge in [-0.15, -0.1) is 0 Å². The number of hydrogen-bond acceptors (Lipinski definition) is 1. The van der Waals surface area contributed by atoms with E-state index in [9.17, 15) is 0 Å². The van der Waals surface area contributed by atoms with Gasteiger partial charge in [0.15, 0.2) is 0 Å². The van der Waals surface area contributed by atoms with Crippen molar-refractivity contribution in [2.75, 3.05) is 14.1 Å². The quantitative estimate of drug-likeness (QED) is 0.193. The lowest BCUT2D eigenvalue weighted by molar-refractivity contribution is 0.180. The molecule has 2 rings (SSSR count). The molecule has 1 heteroatoms. The van der Waals surface area contributed by atoms with Crippen LogP contribution < -0.4 is 0 Å². The zero-order chi connectivity index (χ0) is 23.6. The highest BCUT2D eigenvalue weighted by Gasteiger charge is 2.35. The molecule has 1 nitrogen and oxygen atoms in total. The Labute approximate surface area is 206 Å². The Morgan fingerprint density at radius 2 is 0.818 bits per heavy atom. The molecule has 2 aromatic carbocycles. The molecule has 0 N–H and O–H groups in total. The van der Waals surface area contributed by atoms with Crippen LogP contribution in [0.15, 0.2) is 60.7 Å². The van der Waals surface area contributed by atoms with Crippen LogP contribution in [0.4, 0.5) is 0 Å². The normalized spacial score (nSPS) is 11.9. The topological polar surface area (TPSA) is 3.24 Å². The number of hydrogen-bond donors (Lipinski definition) is 0. The van der Waals surface area contributed by atoms with Crippen molar-refractivity contribution in [2.24, 2.45) is 0 Å². The van der Waals surface area contributed by atoms with Crippen LogP contribution >= 0.6 is 0 Å². The highest BCUT2D eigenvalue weighted by Crippen LogP contribution is 2.39. The fourth-order valence-corrected chi connectivity index (χ4v) is 5.38. The van der Waals surface area contributed by atoms with Crippen LogP contribution in [0, 0.1) is 0 Å². The molecular weight excluding hydrogens is 398 g/mol. The largest absolute Gasteiger partial charge is 0.296 e. The predicted molar refractivity (Wildman–Crippen MR) is 147 cm³/mol. The molecule has 0 unspecified atom stereocenters. The van der Waals surface area contributed by atoms with E-state index in [-0.39, 0.29) is 5.54 Å². The van der Waals surface area contributed by atoms with Gasteiger partial charge >= 0.3 is 0 Å². The Balaban J connectivity index is 1.67. The van der Waals surface area contributed by atoms with Crippen LogP contribution in [0.1, 0.15) is 121 Å². The minimum Gasteiger partial charge on any atom is -0.296 e. The van der Waals surface area contributed by atoms with Crippen LogP contribution in [0.2, 0.25) is 0 Å². The van der Waals surface area contributed by atoms with Crippen LogP contribution in [0.25, 0.3) is 0 Å². The SMILES string of the molecule is CCCCCCCCCCCCCCCCCC(c1ccccc1)(c1ccccc1)N(C)C. The van der Waals surface area contributed by atoms with E-state index in [1.807, 2.05) is 0 Å². The maximum absolute atomic E-state index is 2.43. The molecule has 0 atom stereocenters. The van der Waals surface area contributed by atoms with Crippen LogP contribution in [-0.4, -0.2) is 19.0 Å². The number of nitrogens with zero attached hydrogens (tertiary/aromatic N) is 1. The van der Waals surface area contributed by atoms with Crippen molar-refractivity contribution in [1.82, 2.24) is 4.90 Å². The van der Waals surface area contributed by atoms with Gasteiger partial charge in [0.1, 0.15) is 0 Å². The Bertz CT molecular complexity index is 651. The molecule has 0 heterocycles. The summed E-state index contributed by atoms with van der Waals surface area (Å²) >= 11 is 0. The molecule has 2 aromatic rings. The van der Waals surface area contributed by atoms with Crippen molar-refractivity contribution in [3.05, 3.63) is 71.8 Å². The molecule has 0 bridgehead atoms. The van der Waals surface area contributed by atoms with Crippen molar-refractivity contribution in [1.29, 1.82) is 0 Å². The smallest absolute Gasteiger partial charge is 0.0710 e. The van der Waals surface area contributed by atoms with Crippen molar-refractivity contribution in [2.45, 2.75) is 115 Å². The first-order chi connectivity index (χ1) is 16.2. The Hall–Kier alpha value is -1.60. The summed E-state index contributed by atoms with van der Waals surface area (Å²) in [5, 5.41) is 0. The molecule has 184 valence electrons. The zero-order valence-electron chi connectivity index (χ0n) is 22.0. The van der Waals surface area contributed by atoms with E-state index in [0.717, 1.165) is 0 Å². The molecule has 0 aliphatic carbocycles. The second kappa shape index (κ2) is 16.9. The van der Waals surface area contributed by atoms with Crippen molar-refractivity contribution >= 4 is 0 Å². The summed E-state index contributed by atoms with van der Waals surface area (Å²) in [5.41, 5.74) is 2.78. The summed E-state index contributed by atoms with van der Waals surface area (Å²) in [4.78, 5) is 2.43. The third-order valence-corrected chi connectivity index (χ3v) is 7.41. The molecule has 0 amide bonds. The molecule has 0 aliphatic rings. The first-order valence-electron chi connectivity index (χ1n) is 14.0. The van der Waals surface area contributed by atoms with Gasteiger partial charge in [-0.25, -0.2) is 0 Å². The van der Waals surface area contributed by atoms with E-state index in [1.165, 1.54) is 114 Å². The number of unbranched alkanes of at least 4 members (excludes halogenated alkanes) is 14. The van der Waals surface area contributed by atoms with Gasteiger partial charge in [0.25, 0.3) is 0 Å². The fraction of sp³-hybridized carbons (Fsp3) is 0.625. The summed E-state index contributed by atoms with van der Waals surface area (Å²) in [5.74, 6) is 0. The number of benzene rings is 2. The third kappa shape index (κ3) is 9.65. The van der Waals surface area contributed by atoms with Crippen LogP contribution in [0.5, 0.6) is 0 Å². The summed E-state index contributed by atoms with van der Waals surface area (Å²) in [7, 11) is 4.48. The monoisotopic (exact) mass is 449 g/mol. The lowest BCUT2D eigenvalue weighted by Crippen LogP contribution is -2.42. The highest BCUT2D eigenvalue weighted by atomic mass is 15.1. The second-order valence-electron chi connectivity index (χ2n) is 10.2. The maximum atomic E-state index is 2.43. The summed E-state index contributed by atoms with van der Waals surface area (Å²) in [6.45, 7) is 2.30. The van der Waals surface area contributed by atoms with E-state index >= 15 is 0 Å². The molecule has 0 radical (unpaired) electrons. The fourth-order valence-electron chi connectivity index (χ4n) is 5.38. The minimum absolute atomic E-state index is 0.0426. The molecule has 0 saturated carbocycles. The lowest BCUT2D eigenvalue weighted by atomic mass is 9.77. The average molecular weight is 450 g/mol. The van der Waals surface area contributed by atoms with Gasteiger partial charge in [0.2, 0.25) is 0 Å². The molecule has 0 aromatic heterocycles. The van der Waals surface area contributed by atoms with E-state index in [1.54, 1.807) is 0 Å². The predicted octanol–water partition coefficient (Wildman–Crippen LogP) is 9.75. The van der Waals surface area contributed by atoms with Gasteiger partial charge in [-0.05, 0) is 31.6 Å². The number of rotatable bonds is 19.